The molecule has 0 fully saturated rings. The fourth-order valence-electron chi connectivity index (χ4n) is 2.52. The minimum atomic E-state index is -2.77. The summed E-state index contributed by atoms with van der Waals surface area (Å²) in [5.74, 6) is 0. The number of hydrogen-bond donors (Lipinski definition) is 0. The molecule has 3 aromatic carbocycles. The second kappa shape index (κ2) is 7.21. The highest BCUT2D eigenvalue weighted by molar-refractivity contribution is 8.30. The van der Waals surface area contributed by atoms with Crippen molar-refractivity contribution in [3.8, 4) is 0 Å². The molecule has 0 aliphatic rings. The summed E-state index contributed by atoms with van der Waals surface area (Å²) in [5.41, 5.74) is 0.113. The Morgan fingerprint density at radius 2 is 1.12 bits per heavy atom. The van der Waals surface area contributed by atoms with Gasteiger partial charge in [0.05, 0.1) is 21.6 Å². The molecule has 0 aliphatic carbocycles. The van der Waals surface area contributed by atoms with Crippen molar-refractivity contribution in [2.24, 2.45) is 0 Å². The number of hydrogen-bond acceptors (Lipinski definition) is 2. The lowest BCUT2D eigenvalue weighted by Gasteiger charge is -2.23. The molecule has 120 valence electrons. The number of halogens is 2. The van der Waals surface area contributed by atoms with E-state index in [1.165, 1.54) is 0 Å². The fourth-order valence-corrected chi connectivity index (χ4v) is 6.73. The van der Waals surface area contributed by atoms with Crippen LogP contribution in [0, 0.1) is 0 Å². The monoisotopic (exact) mass is 390 g/mol. The summed E-state index contributed by atoms with van der Waals surface area (Å²) in [4.78, 5) is 13.5. The third kappa shape index (κ3) is 3.08. The van der Waals surface area contributed by atoms with Gasteiger partial charge in [-0.25, -0.2) is 0 Å². The quantitative estimate of drug-likeness (QED) is 0.564. The molecule has 0 radical (unpaired) electrons. The predicted molar refractivity (Wildman–Crippen MR) is 107 cm³/mol. The molecule has 0 amide bonds. The van der Waals surface area contributed by atoms with Crippen molar-refractivity contribution in [2.75, 3.05) is 0 Å². The molecule has 0 saturated heterocycles. The molecular formula is C19H13Cl2OPS. The lowest BCUT2D eigenvalue weighted by Crippen LogP contribution is -2.22. The summed E-state index contributed by atoms with van der Waals surface area (Å²) >= 11 is 18.5. The van der Waals surface area contributed by atoms with Gasteiger partial charge in [-0.1, -0.05) is 102 Å². The summed E-state index contributed by atoms with van der Waals surface area (Å²) in [6.07, 6.45) is 0. The van der Waals surface area contributed by atoms with Crippen LogP contribution < -0.4 is 10.6 Å². The Kier molecular flexibility index (Phi) is 5.22. The number of benzene rings is 3. The highest BCUT2D eigenvalue weighted by atomic mass is 35.5. The zero-order chi connectivity index (χ0) is 17.2. The molecule has 0 saturated carbocycles. The van der Waals surface area contributed by atoms with E-state index in [1.54, 1.807) is 18.2 Å². The van der Waals surface area contributed by atoms with Crippen LogP contribution in [0.3, 0.4) is 0 Å². The number of carbonyl (C=O) groups excluding carboxylic acids is 1. The Labute approximate surface area is 156 Å². The van der Waals surface area contributed by atoms with E-state index in [-0.39, 0.29) is 5.52 Å². The van der Waals surface area contributed by atoms with Crippen LogP contribution in [0.1, 0.15) is 10.4 Å². The molecule has 3 aromatic rings. The fraction of sp³-hybridized carbons (Fsp3) is 0. The second-order valence-corrected chi connectivity index (χ2v) is 10.3. The molecule has 0 heterocycles. The Bertz CT molecular complexity index is 863. The van der Waals surface area contributed by atoms with E-state index in [4.69, 9.17) is 35.0 Å². The van der Waals surface area contributed by atoms with Gasteiger partial charge in [0, 0.05) is 0 Å². The van der Waals surface area contributed by atoms with E-state index < -0.39 is 6.04 Å². The van der Waals surface area contributed by atoms with Crippen LogP contribution in [0.2, 0.25) is 10.0 Å². The van der Waals surface area contributed by atoms with Gasteiger partial charge < -0.3 is 0 Å². The standard InChI is InChI=1S/C19H13Cl2OPS/c20-16-12-7-13-17(21)18(16)19(22)23(24,14-8-3-1-4-9-14)15-10-5-2-6-11-15/h1-13H. The number of carbonyl (C=O) groups is 1. The molecule has 0 N–H and O–H groups in total. The van der Waals surface area contributed by atoms with Gasteiger partial charge in [-0.15, -0.1) is 0 Å². The topological polar surface area (TPSA) is 17.1 Å². The molecule has 5 heteroatoms. The van der Waals surface area contributed by atoms with Gasteiger partial charge in [-0.3, -0.25) is 4.79 Å². The van der Waals surface area contributed by atoms with E-state index >= 15 is 0 Å². The normalized spacial score (nSPS) is 11.2. The van der Waals surface area contributed by atoms with Gasteiger partial charge in [-0.05, 0) is 22.7 Å². The minimum absolute atomic E-state index is 0.189. The molecular weight excluding hydrogens is 378 g/mol. The summed E-state index contributed by atoms with van der Waals surface area (Å²) in [7, 11) is 0. The van der Waals surface area contributed by atoms with Crippen molar-refractivity contribution in [3.63, 3.8) is 0 Å². The first kappa shape index (κ1) is 17.4. The first-order valence-corrected chi connectivity index (χ1v) is 10.8. The lowest BCUT2D eigenvalue weighted by atomic mass is 10.2. The van der Waals surface area contributed by atoms with Crippen molar-refractivity contribution < 1.29 is 4.79 Å². The second-order valence-electron chi connectivity index (χ2n) is 5.18. The van der Waals surface area contributed by atoms with Crippen molar-refractivity contribution in [3.05, 3.63) is 94.5 Å². The van der Waals surface area contributed by atoms with E-state index in [0.29, 0.717) is 15.6 Å². The van der Waals surface area contributed by atoms with Crippen LogP contribution in [0.25, 0.3) is 0 Å². The van der Waals surface area contributed by atoms with Gasteiger partial charge in [0.25, 0.3) is 0 Å². The lowest BCUT2D eigenvalue weighted by molar-refractivity contribution is 0.108. The van der Waals surface area contributed by atoms with E-state index in [0.717, 1.165) is 10.6 Å². The van der Waals surface area contributed by atoms with Gasteiger partial charge in [0.2, 0.25) is 5.52 Å². The first-order valence-electron chi connectivity index (χ1n) is 7.25. The van der Waals surface area contributed by atoms with Crippen LogP contribution in [-0.2, 0) is 11.8 Å². The summed E-state index contributed by atoms with van der Waals surface area (Å²) in [6, 6.07) is 21.2. The molecule has 0 aliphatic heterocycles. The van der Waals surface area contributed by atoms with E-state index in [1.807, 2.05) is 60.7 Å². The smallest absolute Gasteiger partial charge is 0.205 e. The van der Waals surface area contributed by atoms with Crippen molar-refractivity contribution >= 4 is 57.2 Å². The molecule has 0 bridgehead atoms. The molecule has 0 atom stereocenters. The average molecular weight is 391 g/mol. The molecule has 24 heavy (non-hydrogen) atoms. The van der Waals surface area contributed by atoms with Crippen molar-refractivity contribution in [1.29, 1.82) is 0 Å². The molecule has 0 unspecified atom stereocenters. The predicted octanol–water partition coefficient (Wildman–Crippen LogP) is 5.26. The Hall–Kier alpha value is -1.44. The maximum atomic E-state index is 13.5. The highest BCUT2D eigenvalue weighted by Crippen LogP contribution is 2.49. The zero-order valence-corrected chi connectivity index (χ0v) is 15.7. The molecule has 0 spiro atoms. The largest absolute Gasteiger partial charge is 0.287 e. The van der Waals surface area contributed by atoms with Crippen LogP contribution in [0.5, 0.6) is 0 Å². The minimum Gasteiger partial charge on any atom is -0.287 e. The maximum Gasteiger partial charge on any atom is 0.205 e. The van der Waals surface area contributed by atoms with E-state index in [9.17, 15) is 4.79 Å². The Balaban J connectivity index is 2.28. The SMILES string of the molecule is O=C(c1c(Cl)cccc1Cl)P(=S)(c1ccccc1)c1ccccc1. The zero-order valence-electron chi connectivity index (χ0n) is 12.5. The van der Waals surface area contributed by atoms with Gasteiger partial charge >= 0.3 is 0 Å². The molecule has 3 rings (SSSR count). The third-order valence-corrected chi connectivity index (χ3v) is 8.94. The van der Waals surface area contributed by atoms with Crippen LogP contribution in [-0.4, -0.2) is 5.52 Å². The summed E-state index contributed by atoms with van der Waals surface area (Å²) in [5, 5.41) is 2.31. The van der Waals surface area contributed by atoms with Crippen LogP contribution >= 0.6 is 29.2 Å². The Morgan fingerprint density at radius 3 is 1.54 bits per heavy atom. The van der Waals surface area contributed by atoms with E-state index in [2.05, 4.69) is 0 Å². The van der Waals surface area contributed by atoms with Gasteiger partial charge in [0.15, 0.2) is 0 Å². The first-order chi connectivity index (χ1) is 11.5. The third-order valence-electron chi connectivity index (χ3n) is 3.70. The van der Waals surface area contributed by atoms with Crippen LogP contribution in [0.15, 0.2) is 78.9 Å². The summed E-state index contributed by atoms with van der Waals surface area (Å²) < 4.78 is 0. The number of rotatable bonds is 4. The molecule has 0 aromatic heterocycles. The molecule has 1 nitrogen and oxygen atoms in total. The van der Waals surface area contributed by atoms with Gasteiger partial charge in [0.1, 0.15) is 0 Å². The van der Waals surface area contributed by atoms with Crippen molar-refractivity contribution in [1.82, 2.24) is 0 Å². The highest BCUT2D eigenvalue weighted by Gasteiger charge is 2.34. The summed E-state index contributed by atoms with van der Waals surface area (Å²) in [6.45, 7) is 0. The van der Waals surface area contributed by atoms with Crippen molar-refractivity contribution in [2.45, 2.75) is 0 Å². The Morgan fingerprint density at radius 1 is 0.708 bits per heavy atom. The maximum absolute atomic E-state index is 13.5. The average Bonchev–Trinajstić information content (AvgIpc) is 2.62. The van der Waals surface area contributed by atoms with Gasteiger partial charge in [-0.2, -0.15) is 0 Å². The van der Waals surface area contributed by atoms with Crippen LogP contribution in [0.4, 0.5) is 0 Å².